The molecule has 0 aliphatic heterocycles. The summed E-state index contributed by atoms with van der Waals surface area (Å²) in [5, 5.41) is 0.896. The summed E-state index contributed by atoms with van der Waals surface area (Å²) in [6.45, 7) is 0.827. The third-order valence-corrected chi connectivity index (χ3v) is 4.88. The Morgan fingerprint density at radius 2 is 2.12 bits per heavy atom. The van der Waals surface area contributed by atoms with Gasteiger partial charge in [0.15, 0.2) is 0 Å². The van der Waals surface area contributed by atoms with Gasteiger partial charge < -0.3 is 15.5 Å². The standard InChI is InChI=1S/C17H18FN3O2S/c1-23-16-5-2-11(8-17(16)24(22)21-7-6-19)14-10-20-15-9-12(18)3-4-13(14)15/h2-5,8-10,20-21H,6-7,19H2,1H3. The number of methoxy groups -OCH3 is 1. The Hall–Kier alpha value is -2.22. The highest BCUT2D eigenvalue weighted by atomic mass is 32.2. The largest absolute Gasteiger partial charge is 0.495 e. The highest BCUT2D eigenvalue weighted by molar-refractivity contribution is 7.83. The number of halogens is 1. The van der Waals surface area contributed by atoms with Crippen LogP contribution in [0.15, 0.2) is 47.5 Å². The quantitative estimate of drug-likeness (QED) is 0.641. The Bertz CT molecular complexity index is 895. The number of fused-ring (bicyclic) bond motifs is 1. The fourth-order valence-corrected chi connectivity index (χ4v) is 3.58. The Balaban J connectivity index is 2.06. The molecule has 0 aliphatic rings. The summed E-state index contributed by atoms with van der Waals surface area (Å²) in [5.74, 6) is 0.242. The molecular formula is C17H18FN3O2S. The molecule has 24 heavy (non-hydrogen) atoms. The van der Waals surface area contributed by atoms with Gasteiger partial charge >= 0.3 is 0 Å². The number of ether oxygens (including phenoxy) is 1. The van der Waals surface area contributed by atoms with Gasteiger partial charge in [-0.15, -0.1) is 0 Å². The van der Waals surface area contributed by atoms with Gasteiger partial charge in [0, 0.05) is 35.8 Å². The molecule has 0 bridgehead atoms. The molecule has 0 spiro atoms. The first kappa shape index (κ1) is 16.6. The number of hydrogen-bond acceptors (Lipinski definition) is 3. The van der Waals surface area contributed by atoms with E-state index in [4.69, 9.17) is 10.5 Å². The van der Waals surface area contributed by atoms with Crippen molar-refractivity contribution in [3.8, 4) is 16.9 Å². The van der Waals surface area contributed by atoms with Crippen LogP contribution in [-0.2, 0) is 11.0 Å². The van der Waals surface area contributed by atoms with Crippen LogP contribution in [0.25, 0.3) is 22.0 Å². The summed E-state index contributed by atoms with van der Waals surface area (Å²) in [6.07, 6.45) is 1.81. The topological polar surface area (TPSA) is 80.1 Å². The Kier molecular flexibility index (Phi) is 4.94. The van der Waals surface area contributed by atoms with Gasteiger partial charge in [0.2, 0.25) is 0 Å². The van der Waals surface area contributed by atoms with Crippen LogP contribution in [0.3, 0.4) is 0 Å². The van der Waals surface area contributed by atoms with Crippen molar-refractivity contribution >= 4 is 21.9 Å². The molecule has 0 amide bonds. The van der Waals surface area contributed by atoms with E-state index in [9.17, 15) is 8.60 Å². The van der Waals surface area contributed by atoms with Crippen LogP contribution in [0.2, 0.25) is 0 Å². The molecule has 1 aromatic heterocycles. The van der Waals surface area contributed by atoms with E-state index < -0.39 is 11.0 Å². The lowest BCUT2D eigenvalue weighted by Gasteiger charge is -2.11. The van der Waals surface area contributed by atoms with Gasteiger partial charge in [-0.25, -0.2) is 13.3 Å². The minimum Gasteiger partial charge on any atom is -0.495 e. The van der Waals surface area contributed by atoms with Gasteiger partial charge in [0.1, 0.15) is 22.6 Å². The molecule has 1 unspecified atom stereocenters. The molecule has 0 saturated heterocycles. The van der Waals surface area contributed by atoms with Crippen molar-refractivity contribution in [2.45, 2.75) is 4.90 Å². The predicted molar refractivity (Wildman–Crippen MR) is 93.7 cm³/mol. The Morgan fingerprint density at radius 3 is 2.88 bits per heavy atom. The number of nitrogens with one attached hydrogen (secondary N) is 2. The summed E-state index contributed by atoms with van der Waals surface area (Å²) in [6, 6.07) is 10.1. The molecule has 1 atom stereocenters. The Morgan fingerprint density at radius 1 is 1.29 bits per heavy atom. The number of aromatic amines is 1. The van der Waals surface area contributed by atoms with E-state index in [-0.39, 0.29) is 5.82 Å². The second-order valence-corrected chi connectivity index (χ2v) is 6.48. The molecule has 3 aromatic rings. The van der Waals surface area contributed by atoms with E-state index in [2.05, 4.69) is 9.71 Å². The molecular weight excluding hydrogens is 329 g/mol. The van der Waals surface area contributed by atoms with Gasteiger partial charge in [-0.05, 0) is 35.9 Å². The van der Waals surface area contributed by atoms with Crippen molar-refractivity contribution in [3.05, 3.63) is 48.4 Å². The van der Waals surface area contributed by atoms with Gasteiger partial charge in [-0.3, -0.25) is 0 Å². The first-order valence-corrected chi connectivity index (χ1v) is 8.59. The minimum absolute atomic E-state index is 0.293. The maximum Gasteiger partial charge on any atom is 0.136 e. The SMILES string of the molecule is COc1ccc(-c2c[nH]c3cc(F)ccc23)cc1S(=O)NCCN. The van der Waals surface area contributed by atoms with Crippen LogP contribution >= 0.6 is 0 Å². The number of hydrogen-bond donors (Lipinski definition) is 3. The molecule has 126 valence electrons. The van der Waals surface area contributed by atoms with Crippen molar-refractivity contribution in [1.29, 1.82) is 0 Å². The fourth-order valence-electron chi connectivity index (χ4n) is 2.56. The smallest absolute Gasteiger partial charge is 0.136 e. The average molecular weight is 347 g/mol. The number of benzene rings is 2. The third kappa shape index (κ3) is 3.19. The number of nitrogens with two attached hydrogens (primary N) is 1. The number of rotatable bonds is 6. The number of H-pyrrole nitrogens is 1. The molecule has 0 fully saturated rings. The third-order valence-electron chi connectivity index (χ3n) is 3.70. The first-order chi connectivity index (χ1) is 11.6. The van der Waals surface area contributed by atoms with Crippen molar-refractivity contribution < 1.29 is 13.3 Å². The van der Waals surface area contributed by atoms with Gasteiger partial charge in [-0.1, -0.05) is 6.07 Å². The van der Waals surface area contributed by atoms with E-state index in [1.165, 1.54) is 19.2 Å². The first-order valence-electron chi connectivity index (χ1n) is 7.44. The van der Waals surface area contributed by atoms with Crippen LogP contribution in [0, 0.1) is 5.82 Å². The second kappa shape index (κ2) is 7.12. The predicted octanol–water partition coefficient (Wildman–Crippen LogP) is 2.55. The average Bonchev–Trinajstić information content (AvgIpc) is 3.02. The number of aromatic nitrogens is 1. The molecule has 0 aliphatic carbocycles. The summed E-state index contributed by atoms with van der Waals surface area (Å²) in [4.78, 5) is 3.60. The van der Waals surface area contributed by atoms with Crippen molar-refractivity contribution in [2.75, 3.05) is 20.2 Å². The van der Waals surface area contributed by atoms with Gasteiger partial charge in [0.05, 0.1) is 12.0 Å². The lowest BCUT2D eigenvalue weighted by atomic mass is 10.0. The van der Waals surface area contributed by atoms with Gasteiger partial charge in [0.25, 0.3) is 0 Å². The fraction of sp³-hybridized carbons (Fsp3) is 0.176. The molecule has 2 aromatic carbocycles. The minimum atomic E-state index is -1.43. The van der Waals surface area contributed by atoms with E-state index in [1.807, 2.05) is 18.3 Å². The highest BCUT2D eigenvalue weighted by Crippen LogP contribution is 2.33. The normalized spacial score (nSPS) is 12.5. The van der Waals surface area contributed by atoms with Crippen LogP contribution in [0.4, 0.5) is 4.39 Å². The molecule has 7 heteroatoms. The van der Waals surface area contributed by atoms with Crippen LogP contribution in [0.1, 0.15) is 0 Å². The van der Waals surface area contributed by atoms with E-state index in [0.717, 1.165) is 16.5 Å². The molecule has 1 heterocycles. The Labute approximate surface area is 141 Å². The maximum absolute atomic E-state index is 13.3. The van der Waals surface area contributed by atoms with Crippen LogP contribution < -0.4 is 15.2 Å². The van der Waals surface area contributed by atoms with Crippen LogP contribution in [-0.4, -0.2) is 29.4 Å². The summed E-state index contributed by atoms with van der Waals surface area (Å²) < 4.78 is 33.9. The summed E-state index contributed by atoms with van der Waals surface area (Å²) >= 11 is 0. The second-order valence-electron chi connectivity index (χ2n) is 5.21. The zero-order chi connectivity index (χ0) is 17.1. The maximum atomic E-state index is 13.3. The summed E-state index contributed by atoms with van der Waals surface area (Å²) in [7, 11) is 0.106. The zero-order valence-corrected chi connectivity index (χ0v) is 14.0. The van der Waals surface area contributed by atoms with Gasteiger partial charge in [-0.2, -0.15) is 0 Å². The van der Waals surface area contributed by atoms with Crippen molar-refractivity contribution in [3.63, 3.8) is 0 Å². The molecule has 0 saturated carbocycles. The van der Waals surface area contributed by atoms with E-state index in [0.29, 0.717) is 29.3 Å². The lowest BCUT2D eigenvalue weighted by Crippen LogP contribution is -2.24. The molecule has 0 radical (unpaired) electrons. The molecule has 4 N–H and O–H groups in total. The highest BCUT2D eigenvalue weighted by Gasteiger charge is 2.14. The van der Waals surface area contributed by atoms with Crippen molar-refractivity contribution in [1.82, 2.24) is 9.71 Å². The van der Waals surface area contributed by atoms with Crippen LogP contribution in [0.5, 0.6) is 5.75 Å². The van der Waals surface area contributed by atoms with E-state index in [1.54, 1.807) is 12.1 Å². The molecule has 5 nitrogen and oxygen atoms in total. The molecule has 3 rings (SSSR count). The van der Waals surface area contributed by atoms with Crippen molar-refractivity contribution in [2.24, 2.45) is 5.73 Å². The monoisotopic (exact) mass is 347 g/mol. The zero-order valence-electron chi connectivity index (χ0n) is 13.1. The summed E-state index contributed by atoms with van der Waals surface area (Å²) in [5.41, 5.74) is 7.93. The lowest BCUT2D eigenvalue weighted by molar-refractivity contribution is 0.404. The van der Waals surface area contributed by atoms with E-state index >= 15 is 0 Å².